The lowest BCUT2D eigenvalue weighted by molar-refractivity contribution is -0.139. The highest BCUT2D eigenvalue weighted by atomic mass is 19.4. The predicted octanol–water partition coefficient (Wildman–Crippen LogP) is 4.30. The van der Waals surface area contributed by atoms with Gasteiger partial charge in [-0.2, -0.15) is 23.3 Å². The summed E-state index contributed by atoms with van der Waals surface area (Å²) < 4.78 is 48.9. The number of nitrogens with zero attached hydrogens (tertiary/aromatic N) is 5. The Morgan fingerprint density at radius 3 is 2.77 bits per heavy atom. The summed E-state index contributed by atoms with van der Waals surface area (Å²) in [6.45, 7) is 6.33. The van der Waals surface area contributed by atoms with Crippen LogP contribution in [0, 0.1) is 0 Å². The Labute approximate surface area is 222 Å². The second-order valence-electron chi connectivity index (χ2n) is 10.7. The molecule has 1 fully saturated rings. The molecule has 0 spiro atoms. The number of piperidine rings is 1. The Morgan fingerprint density at radius 1 is 1.26 bits per heavy atom. The van der Waals surface area contributed by atoms with Gasteiger partial charge in [0.25, 0.3) is 5.91 Å². The number of fused-ring (bicyclic) bond motifs is 1. The molecule has 13 heteroatoms. The lowest BCUT2D eigenvalue weighted by Crippen LogP contribution is -2.38. The van der Waals surface area contributed by atoms with Crippen LogP contribution in [0.1, 0.15) is 49.9 Å². The van der Waals surface area contributed by atoms with Crippen LogP contribution in [0.4, 0.5) is 18.9 Å². The molecular formula is C26H31F3N8O2. The van der Waals surface area contributed by atoms with Crippen molar-refractivity contribution in [2.45, 2.75) is 64.5 Å². The Bertz CT molecular complexity index is 1460. The summed E-state index contributed by atoms with van der Waals surface area (Å²) in [5, 5.41) is 18.3. The molecule has 1 saturated heterocycles. The second-order valence-corrected chi connectivity index (χ2v) is 10.7. The Hall–Kier alpha value is -3.87. The first-order chi connectivity index (χ1) is 18.5. The molecule has 4 aromatic rings. The zero-order valence-corrected chi connectivity index (χ0v) is 22.0. The van der Waals surface area contributed by atoms with Crippen molar-refractivity contribution in [1.82, 2.24) is 35.1 Å². The van der Waals surface area contributed by atoms with Crippen LogP contribution in [0.25, 0.3) is 22.4 Å². The molecule has 1 amide bonds. The van der Waals surface area contributed by atoms with Crippen LogP contribution < -0.4 is 16.0 Å². The van der Waals surface area contributed by atoms with Gasteiger partial charge in [-0.3, -0.25) is 9.48 Å². The number of amides is 1. The minimum atomic E-state index is -4.46. The first-order valence-corrected chi connectivity index (χ1v) is 12.8. The van der Waals surface area contributed by atoms with Crippen LogP contribution in [0.15, 0.2) is 41.2 Å². The molecule has 4 heterocycles. The van der Waals surface area contributed by atoms with Gasteiger partial charge in [-0.05, 0) is 58.4 Å². The lowest BCUT2D eigenvalue weighted by atomic mass is 10.1. The molecule has 1 aliphatic rings. The first kappa shape index (κ1) is 26.7. The van der Waals surface area contributed by atoms with E-state index in [-0.39, 0.29) is 41.4 Å². The Balaban J connectivity index is 1.39. The molecule has 0 bridgehead atoms. The molecule has 1 atom stereocenters. The number of hydrogen-bond acceptors (Lipinski definition) is 7. The van der Waals surface area contributed by atoms with Crippen molar-refractivity contribution in [2.75, 3.05) is 18.4 Å². The molecule has 1 aromatic carbocycles. The summed E-state index contributed by atoms with van der Waals surface area (Å²) in [5.74, 6) is -0.313. The van der Waals surface area contributed by atoms with E-state index in [2.05, 4.69) is 31.2 Å². The van der Waals surface area contributed by atoms with Crippen LogP contribution in [0.5, 0.6) is 0 Å². The van der Waals surface area contributed by atoms with E-state index < -0.39 is 12.7 Å². The van der Waals surface area contributed by atoms with Crippen molar-refractivity contribution in [2.24, 2.45) is 0 Å². The van der Waals surface area contributed by atoms with Crippen molar-refractivity contribution in [3.8, 4) is 11.5 Å². The van der Waals surface area contributed by atoms with Crippen molar-refractivity contribution in [1.29, 1.82) is 0 Å². The highest BCUT2D eigenvalue weighted by Gasteiger charge is 2.31. The molecule has 0 saturated carbocycles. The van der Waals surface area contributed by atoms with Gasteiger partial charge in [0.2, 0.25) is 11.7 Å². The van der Waals surface area contributed by atoms with Crippen LogP contribution in [-0.2, 0) is 18.6 Å². The van der Waals surface area contributed by atoms with E-state index in [1.807, 2.05) is 26.8 Å². The zero-order valence-electron chi connectivity index (χ0n) is 22.0. The fraction of sp³-hybridized carbons (Fsp3) is 0.462. The highest BCUT2D eigenvalue weighted by molar-refractivity contribution is 5.96. The summed E-state index contributed by atoms with van der Waals surface area (Å²) >= 11 is 0. The third kappa shape index (κ3) is 6.08. The van der Waals surface area contributed by atoms with E-state index >= 15 is 0 Å². The van der Waals surface area contributed by atoms with Gasteiger partial charge in [0.1, 0.15) is 6.54 Å². The third-order valence-corrected chi connectivity index (χ3v) is 6.57. The number of nitrogens with one attached hydrogen (secondary N) is 3. The van der Waals surface area contributed by atoms with E-state index in [1.54, 1.807) is 29.1 Å². The Kier molecular flexibility index (Phi) is 7.10. The lowest BCUT2D eigenvalue weighted by Gasteiger charge is -2.25. The summed E-state index contributed by atoms with van der Waals surface area (Å²) in [6.07, 6.45) is 0.629. The number of rotatable bonds is 7. The van der Waals surface area contributed by atoms with Crippen molar-refractivity contribution in [3.63, 3.8) is 0 Å². The first-order valence-electron chi connectivity index (χ1n) is 12.8. The standard InChI is InChI=1S/C26H31F3N8O2/c1-25(2,3)37-14-16(11-32-37)24(38)31-13-22-34-23(35-39-22)21-10-18-19(33-17-6-5-9-30-12-17)7-4-8-20(18)36(21)15-26(27,28)29/h4,7-8,10-11,14,17,30,33H,5-6,9,12-13,15H2,1-3H3,(H,31,38)/t17-/m0/s1. The van der Waals surface area contributed by atoms with Crippen molar-refractivity contribution < 1.29 is 22.5 Å². The summed E-state index contributed by atoms with van der Waals surface area (Å²) in [4.78, 5) is 16.9. The second kappa shape index (κ2) is 10.4. The number of halogens is 3. The smallest absolute Gasteiger partial charge is 0.380 e. The SMILES string of the molecule is CC(C)(C)n1cc(C(=O)NCc2nc(-c3cc4c(N[C@H]5CCCNC5)cccc4n3CC(F)(F)F)no2)cn1. The van der Waals surface area contributed by atoms with Gasteiger partial charge >= 0.3 is 6.18 Å². The molecule has 1 aliphatic heterocycles. The van der Waals surface area contributed by atoms with Crippen LogP contribution in [0.2, 0.25) is 0 Å². The molecule has 3 N–H and O–H groups in total. The molecule has 0 unspecified atom stereocenters. The van der Waals surface area contributed by atoms with Gasteiger partial charge in [0.15, 0.2) is 0 Å². The minimum absolute atomic E-state index is 0.00512. The normalized spacial score (nSPS) is 16.5. The maximum atomic E-state index is 13.6. The topological polar surface area (TPSA) is 115 Å². The quantitative estimate of drug-likeness (QED) is 0.318. The predicted molar refractivity (Wildman–Crippen MR) is 139 cm³/mol. The van der Waals surface area contributed by atoms with Crippen LogP contribution in [-0.4, -0.2) is 55.7 Å². The van der Waals surface area contributed by atoms with E-state index in [4.69, 9.17) is 4.52 Å². The minimum Gasteiger partial charge on any atom is -0.380 e. The molecule has 5 rings (SSSR count). The average Bonchev–Trinajstić information content (AvgIpc) is 3.62. The molecular weight excluding hydrogens is 513 g/mol. The summed E-state index contributed by atoms with van der Waals surface area (Å²) in [5.41, 5.74) is 1.41. The fourth-order valence-corrected chi connectivity index (χ4v) is 4.64. The maximum Gasteiger partial charge on any atom is 0.406 e. The molecule has 3 aromatic heterocycles. The van der Waals surface area contributed by atoms with E-state index in [1.165, 1.54) is 6.20 Å². The van der Waals surface area contributed by atoms with Gasteiger partial charge in [-0.15, -0.1) is 0 Å². The van der Waals surface area contributed by atoms with Crippen molar-refractivity contribution >= 4 is 22.5 Å². The number of alkyl halides is 3. The number of aromatic nitrogens is 5. The monoisotopic (exact) mass is 544 g/mol. The number of benzene rings is 1. The van der Waals surface area contributed by atoms with Gasteiger partial charge in [-0.25, -0.2) is 0 Å². The van der Waals surface area contributed by atoms with Crippen LogP contribution >= 0.6 is 0 Å². The Morgan fingerprint density at radius 2 is 2.08 bits per heavy atom. The number of hydrogen-bond donors (Lipinski definition) is 3. The third-order valence-electron chi connectivity index (χ3n) is 6.57. The van der Waals surface area contributed by atoms with E-state index in [9.17, 15) is 18.0 Å². The molecule has 0 aliphatic carbocycles. The van der Waals surface area contributed by atoms with Gasteiger partial charge in [0.05, 0.1) is 35.1 Å². The fourth-order valence-electron chi connectivity index (χ4n) is 4.64. The average molecular weight is 545 g/mol. The maximum absolute atomic E-state index is 13.6. The van der Waals surface area contributed by atoms with Gasteiger partial charge in [-0.1, -0.05) is 11.2 Å². The largest absolute Gasteiger partial charge is 0.406 e. The highest BCUT2D eigenvalue weighted by Crippen LogP contribution is 2.34. The molecule has 0 radical (unpaired) electrons. The molecule has 208 valence electrons. The number of carbonyl (C=O) groups is 1. The summed E-state index contributed by atoms with van der Waals surface area (Å²) in [6, 6.07) is 7.06. The van der Waals surface area contributed by atoms with E-state index in [0.717, 1.165) is 36.2 Å². The zero-order chi connectivity index (χ0) is 27.8. The number of anilines is 1. The summed E-state index contributed by atoms with van der Waals surface area (Å²) in [7, 11) is 0. The molecule has 10 nitrogen and oxygen atoms in total. The number of carbonyl (C=O) groups excluding carboxylic acids is 1. The molecule has 39 heavy (non-hydrogen) atoms. The van der Waals surface area contributed by atoms with Gasteiger partial charge < -0.3 is 25.0 Å². The van der Waals surface area contributed by atoms with Crippen molar-refractivity contribution in [3.05, 3.63) is 48.1 Å². The van der Waals surface area contributed by atoms with Crippen LogP contribution in [0.3, 0.4) is 0 Å². The van der Waals surface area contributed by atoms with E-state index in [0.29, 0.717) is 16.5 Å². The van der Waals surface area contributed by atoms with Gasteiger partial charge in [0, 0.05) is 29.9 Å².